The van der Waals surface area contributed by atoms with Crippen molar-refractivity contribution in [3.63, 3.8) is 0 Å². The number of halogens is 1. The highest BCUT2D eigenvalue weighted by Crippen LogP contribution is 2.57. The van der Waals surface area contributed by atoms with Crippen LogP contribution in [0.2, 0.25) is 0 Å². The molecule has 1 fully saturated rings. The van der Waals surface area contributed by atoms with Gasteiger partial charge in [0.1, 0.15) is 5.67 Å². The lowest BCUT2D eigenvalue weighted by atomic mass is 9.82. The highest BCUT2D eigenvalue weighted by Gasteiger charge is 2.56. The van der Waals surface area contributed by atoms with E-state index in [1.807, 2.05) is 6.07 Å². The van der Waals surface area contributed by atoms with Gasteiger partial charge in [-0.1, -0.05) is 29.8 Å². The summed E-state index contributed by atoms with van der Waals surface area (Å²) in [6.45, 7) is 5.45. The summed E-state index contributed by atoms with van der Waals surface area (Å²) in [5.74, 6) is 0. The summed E-state index contributed by atoms with van der Waals surface area (Å²) in [6.07, 6.45) is 1.97. The van der Waals surface area contributed by atoms with Gasteiger partial charge in [0.15, 0.2) is 0 Å². The Bertz CT molecular complexity index is 342. The van der Waals surface area contributed by atoms with Crippen LogP contribution in [0, 0.1) is 6.92 Å². The molecular formula is C13H17F. The summed E-state index contributed by atoms with van der Waals surface area (Å²) in [5, 5.41) is 0. The lowest BCUT2D eigenvalue weighted by Crippen LogP contribution is -2.31. The third kappa shape index (κ3) is 1.35. The molecule has 76 valence electrons. The Morgan fingerprint density at radius 3 is 2.36 bits per heavy atom. The first-order chi connectivity index (χ1) is 6.46. The summed E-state index contributed by atoms with van der Waals surface area (Å²) in [6, 6.07) is 8.26. The van der Waals surface area contributed by atoms with Crippen molar-refractivity contribution in [2.75, 3.05) is 0 Å². The van der Waals surface area contributed by atoms with Crippen molar-refractivity contribution in [3.8, 4) is 0 Å². The molecule has 0 unspecified atom stereocenters. The van der Waals surface area contributed by atoms with Crippen molar-refractivity contribution in [2.45, 2.75) is 44.7 Å². The second-order valence-corrected chi connectivity index (χ2v) is 4.92. The standard InChI is InChI=1S/C13H17F/c1-10-5-4-6-11(9-10)13(7-8-13)12(2,3)14/h4-6,9H,7-8H2,1-3H3. The van der Waals surface area contributed by atoms with E-state index in [0.29, 0.717) is 0 Å². The first-order valence-electron chi connectivity index (χ1n) is 5.22. The molecule has 0 saturated heterocycles. The van der Waals surface area contributed by atoms with E-state index in [9.17, 15) is 4.39 Å². The van der Waals surface area contributed by atoms with Gasteiger partial charge in [0, 0.05) is 5.41 Å². The van der Waals surface area contributed by atoms with E-state index in [-0.39, 0.29) is 5.41 Å². The SMILES string of the molecule is Cc1cccc(C2(C(C)(C)F)CC2)c1. The molecule has 1 saturated carbocycles. The third-order valence-corrected chi connectivity index (χ3v) is 3.46. The van der Waals surface area contributed by atoms with Crippen molar-refractivity contribution < 1.29 is 4.39 Å². The molecule has 0 aromatic heterocycles. The fourth-order valence-corrected chi connectivity index (χ4v) is 2.29. The van der Waals surface area contributed by atoms with E-state index in [1.54, 1.807) is 13.8 Å². The lowest BCUT2D eigenvalue weighted by molar-refractivity contribution is 0.156. The van der Waals surface area contributed by atoms with Crippen LogP contribution in [0.3, 0.4) is 0 Å². The second kappa shape index (κ2) is 2.82. The maximum absolute atomic E-state index is 14.0. The molecule has 14 heavy (non-hydrogen) atoms. The van der Waals surface area contributed by atoms with Gasteiger partial charge >= 0.3 is 0 Å². The molecule has 1 heteroatoms. The average Bonchev–Trinajstić information content (AvgIpc) is 2.82. The Balaban J connectivity index is 2.41. The van der Waals surface area contributed by atoms with E-state index in [1.165, 1.54) is 11.1 Å². The van der Waals surface area contributed by atoms with Crippen molar-refractivity contribution >= 4 is 0 Å². The predicted octanol–water partition coefficient (Wildman–Crippen LogP) is 3.77. The molecule has 0 radical (unpaired) electrons. The topological polar surface area (TPSA) is 0 Å². The largest absolute Gasteiger partial charge is 0.244 e. The Kier molecular flexibility index (Phi) is 1.95. The average molecular weight is 192 g/mol. The van der Waals surface area contributed by atoms with Crippen LogP contribution in [-0.4, -0.2) is 5.67 Å². The van der Waals surface area contributed by atoms with Crippen molar-refractivity contribution in [2.24, 2.45) is 0 Å². The molecule has 0 aliphatic heterocycles. The zero-order valence-electron chi connectivity index (χ0n) is 9.10. The molecule has 1 aliphatic carbocycles. The van der Waals surface area contributed by atoms with E-state index < -0.39 is 5.67 Å². The summed E-state index contributed by atoms with van der Waals surface area (Å²) in [7, 11) is 0. The van der Waals surface area contributed by atoms with E-state index in [4.69, 9.17) is 0 Å². The van der Waals surface area contributed by atoms with Crippen molar-refractivity contribution in [1.29, 1.82) is 0 Å². The van der Waals surface area contributed by atoms with Crippen molar-refractivity contribution in [1.82, 2.24) is 0 Å². The zero-order valence-corrected chi connectivity index (χ0v) is 9.10. The minimum Gasteiger partial charge on any atom is -0.244 e. The Morgan fingerprint density at radius 1 is 1.29 bits per heavy atom. The molecule has 0 atom stereocenters. The number of hydrogen-bond acceptors (Lipinski definition) is 0. The number of aryl methyl sites for hydroxylation is 1. The fourth-order valence-electron chi connectivity index (χ4n) is 2.29. The molecule has 0 heterocycles. The molecule has 0 spiro atoms. The summed E-state index contributed by atoms with van der Waals surface area (Å²) < 4.78 is 14.0. The number of benzene rings is 1. The second-order valence-electron chi connectivity index (χ2n) is 4.92. The highest BCUT2D eigenvalue weighted by molar-refractivity contribution is 5.37. The van der Waals surface area contributed by atoms with Gasteiger partial charge in [0.05, 0.1) is 0 Å². The monoisotopic (exact) mass is 192 g/mol. The minimum atomic E-state index is -1.10. The molecular weight excluding hydrogens is 175 g/mol. The van der Waals surface area contributed by atoms with Crippen LogP contribution in [0.1, 0.15) is 37.8 Å². The quantitative estimate of drug-likeness (QED) is 0.669. The summed E-state index contributed by atoms with van der Waals surface area (Å²) in [5.41, 5.74) is 1.10. The van der Waals surface area contributed by atoms with Gasteiger partial charge in [-0.05, 0) is 39.2 Å². The van der Waals surface area contributed by atoms with Gasteiger partial charge in [-0.2, -0.15) is 0 Å². The number of rotatable bonds is 2. The van der Waals surface area contributed by atoms with E-state index in [2.05, 4.69) is 25.1 Å². The van der Waals surface area contributed by atoms with Crippen molar-refractivity contribution in [3.05, 3.63) is 35.4 Å². The van der Waals surface area contributed by atoms with Gasteiger partial charge < -0.3 is 0 Å². The molecule has 0 nitrogen and oxygen atoms in total. The lowest BCUT2D eigenvalue weighted by Gasteiger charge is -2.27. The Hall–Kier alpha value is -0.850. The van der Waals surface area contributed by atoms with E-state index >= 15 is 0 Å². The predicted molar refractivity (Wildman–Crippen MR) is 57.3 cm³/mol. The maximum atomic E-state index is 14.0. The first-order valence-corrected chi connectivity index (χ1v) is 5.22. The molecule has 0 bridgehead atoms. The van der Waals surface area contributed by atoms with Crippen LogP contribution in [-0.2, 0) is 5.41 Å². The molecule has 1 aliphatic rings. The van der Waals surface area contributed by atoms with Crippen LogP contribution in [0.5, 0.6) is 0 Å². The van der Waals surface area contributed by atoms with Gasteiger partial charge in [0.25, 0.3) is 0 Å². The van der Waals surface area contributed by atoms with Crippen LogP contribution >= 0.6 is 0 Å². The molecule has 2 rings (SSSR count). The fraction of sp³-hybridized carbons (Fsp3) is 0.538. The molecule has 0 amide bonds. The smallest absolute Gasteiger partial charge is 0.115 e. The maximum Gasteiger partial charge on any atom is 0.115 e. The summed E-state index contributed by atoms with van der Waals surface area (Å²) in [4.78, 5) is 0. The zero-order chi connectivity index (χ0) is 10.4. The molecule has 0 N–H and O–H groups in total. The molecule has 1 aromatic carbocycles. The Labute approximate surface area is 85.1 Å². The minimum absolute atomic E-state index is 0.195. The normalized spacial score (nSPS) is 19.4. The van der Waals surface area contributed by atoms with Gasteiger partial charge in [-0.25, -0.2) is 4.39 Å². The van der Waals surface area contributed by atoms with Crippen LogP contribution in [0.25, 0.3) is 0 Å². The third-order valence-electron chi connectivity index (χ3n) is 3.46. The van der Waals surface area contributed by atoms with Gasteiger partial charge in [0.2, 0.25) is 0 Å². The van der Waals surface area contributed by atoms with Crippen LogP contribution in [0.4, 0.5) is 4.39 Å². The van der Waals surface area contributed by atoms with Gasteiger partial charge in [-0.3, -0.25) is 0 Å². The summed E-state index contributed by atoms with van der Waals surface area (Å²) >= 11 is 0. The van der Waals surface area contributed by atoms with E-state index in [0.717, 1.165) is 12.8 Å². The Morgan fingerprint density at radius 2 is 1.93 bits per heavy atom. The highest BCUT2D eigenvalue weighted by atomic mass is 19.1. The van der Waals surface area contributed by atoms with Crippen LogP contribution < -0.4 is 0 Å². The molecule has 1 aromatic rings. The number of alkyl halides is 1. The number of hydrogen-bond donors (Lipinski definition) is 0. The van der Waals surface area contributed by atoms with Crippen LogP contribution in [0.15, 0.2) is 24.3 Å². The van der Waals surface area contributed by atoms with Gasteiger partial charge in [-0.15, -0.1) is 0 Å². The first kappa shape index (κ1) is 9.70.